The zero-order chi connectivity index (χ0) is 12.9. The summed E-state index contributed by atoms with van der Waals surface area (Å²) < 4.78 is 0. The predicted molar refractivity (Wildman–Crippen MR) is 72.2 cm³/mol. The lowest BCUT2D eigenvalue weighted by molar-refractivity contribution is 0.453. The Morgan fingerprint density at radius 1 is 1.00 bits per heavy atom. The van der Waals surface area contributed by atoms with Crippen LogP contribution in [0.25, 0.3) is 0 Å². The molecule has 19 heavy (non-hydrogen) atoms. The van der Waals surface area contributed by atoms with Crippen LogP contribution in [0, 0.1) is 0 Å². The van der Waals surface area contributed by atoms with Gasteiger partial charge >= 0.3 is 0 Å². The minimum Gasteiger partial charge on any atom is -0.317 e. The molecule has 2 aromatic heterocycles. The van der Waals surface area contributed by atoms with E-state index in [1.165, 1.54) is 0 Å². The molecule has 1 fully saturated rings. The van der Waals surface area contributed by atoms with Gasteiger partial charge in [-0.3, -0.25) is 5.32 Å². The largest absolute Gasteiger partial charge is 0.317 e. The summed E-state index contributed by atoms with van der Waals surface area (Å²) in [6, 6.07) is 3.77. The van der Waals surface area contributed by atoms with Crippen LogP contribution in [-0.2, 0) is 0 Å². The minimum atomic E-state index is 0.515. The smallest absolute Gasteiger partial charge is 0.229 e. The molecule has 6 heteroatoms. The normalized spacial score (nSPS) is 16.2. The van der Waals surface area contributed by atoms with Crippen LogP contribution in [0.5, 0.6) is 0 Å². The second kappa shape index (κ2) is 5.71. The third-order valence-electron chi connectivity index (χ3n) is 3.22. The molecule has 0 saturated carbocycles. The molecule has 0 atom stereocenters. The number of hydrogen-bond donors (Lipinski definition) is 2. The van der Waals surface area contributed by atoms with Crippen molar-refractivity contribution in [1.82, 2.24) is 25.3 Å². The summed E-state index contributed by atoms with van der Waals surface area (Å²) in [5, 5.41) is 6.38. The van der Waals surface area contributed by atoms with E-state index < -0.39 is 0 Å². The number of nitrogens with one attached hydrogen (secondary N) is 2. The molecule has 0 spiro atoms. The van der Waals surface area contributed by atoms with Gasteiger partial charge in [-0.2, -0.15) is 0 Å². The van der Waals surface area contributed by atoms with Crippen molar-refractivity contribution in [2.75, 3.05) is 18.4 Å². The highest BCUT2D eigenvalue weighted by Gasteiger charge is 2.16. The Morgan fingerprint density at radius 2 is 1.74 bits per heavy atom. The molecule has 3 heterocycles. The van der Waals surface area contributed by atoms with Crippen molar-refractivity contribution in [3.63, 3.8) is 0 Å². The SMILES string of the molecule is c1cnc(Nc2nccc(C3CCNCC3)n2)nc1. The number of rotatable bonds is 3. The number of piperidine rings is 1. The van der Waals surface area contributed by atoms with Crippen molar-refractivity contribution < 1.29 is 0 Å². The molecule has 0 aliphatic carbocycles. The van der Waals surface area contributed by atoms with E-state index >= 15 is 0 Å². The van der Waals surface area contributed by atoms with Gasteiger partial charge in [-0.1, -0.05) is 0 Å². The Balaban J connectivity index is 1.76. The number of aromatic nitrogens is 4. The monoisotopic (exact) mass is 256 g/mol. The Hall–Kier alpha value is -2.08. The van der Waals surface area contributed by atoms with E-state index in [1.54, 1.807) is 24.7 Å². The fourth-order valence-corrected chi connectivity index (χ4v) is 2.24. The molecule has 0 unspecified atom stereocenters. The maximum absolute atomic E-state index is 4.56. The average molecular weight is 256 g/mol. The van der Waals surface area contributed by atoms with Crippen LogP contribution >= 0.6 is 0 Å². The summed E-state index contributed by atoms with van der Waals surface area (Å²) in [4.78, 5) is 17.0. The fourth-order valence-electron chi connectivity index (χ4n) is 2.24. The van der Waals surface area contributed by atoms with E-state index in [0.29, 0.717) is 17.8 Å². The minimum absolute atomic E-state index is 0.515. The highest BCUT2D eigenvalue weighted by Crippen LogP contribution is 2.23. The molecule has 98 valence electrons. The van der Waals surface area contributed by atoms with Crippen LogP contribution in [0.15, 0.2) is 30.7 Å². The van der Waals surface area contributed by atoms with E-state index in [-0.39, 0.29) is 0 Å². The highest BCUT2D eigenvalue weighted by atomic mass is 15.2. The lowest BCUT2D eigenvalue weighted by Crippen LogP contribution is -2.27. The molecule has 0 amide bonds. The average Bonchev–Trinajstić information content (AvgIpc) is 2.49. The van der Waals surface area contributed by atoms with Crippen LogP contribution < -0.4 is 10.6 Å². The molecule has 1 aliphatic rings. The van der Waals surface area contributed by atoms with E-state index in [0.717, 1.165) is 31.6 Å². The fraction of sp³-hybridized carbons (Fsp3) is 0.385. The summed E-state index contributed by atoms with van der Waals surface area (Å²) in [7, 11) is 0. The van der Waals surface area contributed by atoms with Gasteiger partial charge in [0, 0.05) is 30.2 Å². The van der Waals surface area contributed by atoms with Gasteiger partial charge in [0.15, 0.2) is 0 Å². The Kier molecular flexibility index (Phi) is 3.60. The number of nitrogens with zero attached hydrogens (tertiary/aromatic N) is 4. The van der Waals surface area contributed by atoms with Gasteiger partial charge in [0.05, 0.1) is 0 Å². The van der Waals surface area contributed by atoms with Gasteiger partial charge in [0.25, 0.3) is 0 Å². The molecule has 2 N–H and O–H groups in total. The lowest BCUT2D eigenvalue weighted by Gasteiger charge is -2.22. The van der Waals surface area contributed by atoms with Crippen molar-refractivity contribution in [2.24, 2.45) is 0 Å². The molecule has 1 saturated heterocycles. The van der Waals surface area contributed by atoms with Crippen molar-refractivity contribution in [2.45, 2.75) is 18.8 Å². The molecule has 6 nitrogen and oxygen atoms in total. The molecule has 0 bridgehead atoms. The summed E-state index contributed by atoms with van der Waals surface area (Å²) in [5.41, 5.74) is 1.09. The van der Waals surface area contributed by atoms with Gasteiger partial charge in [-0.25, -0.2) is 19.9 Å². The van der Waals surface area contributed by atoms with E-state index in [4.69, 9.17) is 0 Å². The molecule has 3 rings (SSSR count). The van der Waals surface area contributed by atoms with Gasteiger partial charge < -0.3 is 5.32 Å². The summed E-state index contributed by atoms with van der Waals surface area (Å²) in [6.45, 7) is 2.11. The van der Waals surface area contributed by atoms with Crippen molar-refractivity contribution in [1.29, 1.82) is 0 Å². The Morgan fingerprint density at radius 3 is 2.53 bits per heavy atom. The van der Waals surface area contributed by atoms with Gasteiger partial charge in [0.2, 0.25) is 11.9 Å². The third-order valence-corrected chi connectivity index (χ3v) is 3.22. The highest BCUT2D eigenvalue weighted by molar-refractivity contribution is 5.41. The molecular formula is C13H16N6. The Labute approximate surface area is 111 Å². The molecular weight excluding hydrogens is 240 g/mol. The molecule has 2 aromatic rings. The Bertz CT molecular complexity index is 524. The zero-order valence-electron chi connectivity index (χ0n) is 10.6. The first kappa shape index (κ1) is 12.0. The second-order valence-electron chi connectivity index (χ2n) is 4.53. The maximum atomic E-state index is 4.56. The first-order chi connectivity index (χ1) is 9.42. The molecule has 0 radical (unpaired) electrons. The summed E-state index contributed by atoms with van der Waals surface area (Å²) in [5.74, 6) is 1.59. The van der Waals surface area contributed by atoms with Gasteiger partial charge in [-0.15, -0.1) is 0 Å². The zero-order valence-corrected chi connectivity index (χ0v) is 10.6. The van der Waals surface area contributed by atoms with Gasteiger partial charge in [0.1, 0.15) is 0 Å². The lowest BCUT2D eigenvalue weighted by atomic mass is 9.94. The number of anilines is 2. The summed E-state index contributed by atoms with van der Waals surface area (Å²) >= 11 is 0. The van der Waals surface area contributed by atoms with Crippen LogP contribution in [0.4, 0.5) is 11.9 Å². The first-order valence-electron chi connectivity index (χ1n) is 6.49. The van der Waals surface area contributed by atoms with E-state index in [2.05, 4.69) is 30.6 Å². The van der Waals surface area contributed by atoms with Gasteiger partial charge in [-0.05, 0) is 38.1 Å². The van der Waals surface area contributed by atoms with E-state index in [1.807, 2.05) is 6.07 Å². The standard InChI is InChI=1S/C13H16N6/c1-5-15-12(16-6-1)19-13-17-9-4-11(18-13)10-2-7-14-8-3-10/h1,4-6,9-10,14H,2-3,7-8H2,(H,15,16,17,18,19). The van der Waals surface area contributed by atoms with Crippen molar-refractivity contribution >= 4 is 11.9 Å². The summed E-state index contributed by atoms with van der Waals surface area (Å²) in [6.07, 6.45) is 7.41. The van der Waals surface area contributed by atoms with Crippen LogP contribution in [0.3, 0.4) is 0 Å². The quantitative estimate of drug-likeness (QED) is 0.866. The van der Waals surface area contributed by atoms with Crippen LogP contribution in [0.1, 0.15) is 24.5 Å². The molecule has 1 aliphatic heterocycles. The third kappa shape index (κ3) is 3.03. The second-order valence-corrected chi connectivity index (χ2v) is 4.53. The topological polar surface area (TPSA) is 75.6 Å². The van der Waals surface area contributed by atoms with Crippen LogP contribution in [0.2, 0.25) is 0 Å². The maximum Gasteiger partial charge on any atom is 0.229 e. The predicted octanol–water partition coefficient (Wildman–Crippen LogP) is 1.48. The van der Waals surface area contributed by atoms with Crippen molar-refractivity contribution in [3.8, 4) is 0 Å². The van der Waals surface area contributed by atoms with Crippen molar-refractivity contribution in [3.05, 3.63) is 36.4 Å². The van der Waals surface area contributed by atoms with Crippen LogP contribution in [-0.4, -0.2) is 33.0 Å². The van der Waals surface area contributed by atoms with E-state index in [9.17, 15) is 0 Å². The number of hydrogen-bond acceptors (Lipinski definition) is 6. The first-order valence-corrected chi connectivity index (χ1v) is 6.49. The molecule has 0 aromatic carbocycles.